The summed E-state index contributed by atoms with van der Waals surface area (Å²) >= 11 is 14.1. The number of carbonyl (C=O) groups is 2. The van der Waals surface area contributed by atoms with Gasteiger partial charge in [-0.2, -0.15) is 4.98 Å². The Morgan fingerprint density at radius 3 is 2.38 bits per heavy atom. The standard InChI is InChI=1S/C27H25Cl2N5O5S/c1-37-19-12-16-17(13-20(19)38-2)31-27(32-26(16)30)34-9-7-33(8-10-34)22(35)14-39-18-6-5-15(23(28)24(18)29)25(36)21-4-3-11-40-21/h3-6,11-13H,7-10,14H2,1-2H3,(H2,30,31,32). The van der Waals surface area contributed by atoms with Crippen LogP contribution in [0.5, 0.6) is 17.2 Å². The molecule has 40 heavy (non-hydrogen) atoms. The van der Waals surface area contributed by atoms with Crippen LogP contribution in [-0.4, -0.2) is 73.6 Å². The van der Waals surface area contributed by atoms with Crippen LogP contribution in [0.25, 0.3) is 10.9 Å². The van der Waals surface area contributed by atoms with Gasteiger partial charge < -0.3 is 29.7 Å². The van der Waals surface area contributed by atoms with Gasteiger partial charge in [0.2, 0.25) is 11.7 Å². The van der Waals surface area contributed by atoms with Crippen molar-refractivity contribution in [2.75, 3.05) is 57.6 Å². The summed E-state index contributed by atoms with van der Waals surface area (Å²) in [5.41, 5.74) is 7.14. The predicted molar refractivity (Wildman–Crippen MR) is 156 cm³/mol. The normalized spacial score (nSPS) is 13.4. The fourth-order valence-corrected chi connectivity index (χ4v) is 5.49. The van der Waals surface area contributed by atoms with Crippen LogP contribution < -0.4 is 24.8 Å². The van der Waals surface area contributed by atoms with Gasteiger partial charge in [0, 0.05) is 43.2 Å². The Hall–Kier alpha value is -3.80. The molecule has 2 N–H and O–H groups in total. The number of carbonyl (C=O) groups excluding carboxylic acids is 2. The summed E-state index contributed by atoms with van der Waals surface area (Å²) in [6.07, 6.45) is 0. The number of thiophene rings is 1. The molecular formula is C27H25Cl2N5O5S. The number of ether oxygens (including phenoxy) is 3. The number of hydrogen-bond acceptors (Lipinski definition) is 10. The highest BCUT2D eigenvalue weighted by Gasteiger charge is 2.25. The number of rotatable bonds is 8. The number of halogens is 2. The molecular weight excluding hydrogens is 577 g/mol. The van der Waals surface area contributed by atoms with Gasteiger partial charge in [-0.15, -0.1) is 11.3 Å². The van der Waals surface area contributed by atoms with Gasteiger partial charge >= 0.3 is 0 Å². The molecule has 0 saturated carbocycles. The van der Waals surface area contributed by atoms with Crippen LogP contribution in [0.4, 0.5) is 11.8 Å². The third kappa shape index (κ3) is 5.45. The van der Waals surface area contributed by atoms with Crippen LogP contribution in [-0.2, 0) is 4.79 Å². The molecule has 5 rings (SSSR count). The molecule has 2 aromatic carbocycles. The zero-order valence-corrected chi connectivity index (χ0v) is 24.0. The molecule has 0 radical (unpaired) electrons. The quantitative estimate of drug-likeness (QED) is 0.290. The maximum absolute atomic E-state index is 12.9. The van der Waals surface area contributed by atoms with E-state index in [0.29, 0.717) is 65.2 Å². The lowest BCUT2D eigenvalue weighted by Gasteiger charge is -2.34. The fourth-order valence-electron chi connectivity index (χ4n) is 4.35. The molecule has 0 bridgehead atoms. The monoisotopic (exact) mass is 601 g/mol. The molecule has 0 aliphatic carbocycles. The lowest BCUT2D eigenvalue weighted by molar-refractivity contribution is -0.133. The first-order chi connectivity index (χ1) is 19.3. The maximum atomic E-state index is 12.9. The van der Waals surface area contributed by atoms with Crippen molar-refractivity contribution in [2.24, 2.45) is 0 Å². The number of amides is 1. The average molecular weight is 603 g/mol. The SMILES string of the molecule is COc1cc2nc(N3CCN(C(=O)COc4ccc(C(=O)c5cccs5)c(Cl)c4Cl)CC3)nc(N)c2cc1OC. The van der Waals surface area contributed by atoms with E-state index in [1.165, 1.54) is 11.3 Å². The number of nitrogens with zero attached hydrogens (tertiary/aromatic N) is 4. The minimum atomic E-state index is -0.227. The average Bonchev–Trinajstić information content (AvgIpc) is 3.52. The molecule has 1 aliphatic rings. The second-order valence-electron chi connectivity index (χ2n) is 8.84. The number of methoxy groups -OCH3 is 2. The molecule has 10 nitrogen and oxygen atoms in total. The van der Waals surface area contributed by atoms with Gasteiger partial charge in [0.15, 0.2) is 18.1 Å². The molecule has 1 amide bonds. The molecule has 3 heterocycles. The van der Waals surface area contributed by atoms with Crippen LogP contribution in [0.3, 0.4) is 0 Å². The third-order valence-corrected chi connectivity index (χ3v) is 8.25. The van der Waals surface area contributed by atoms with E-state index >= 15 is 0 Å². The third-order valence-electron chi connectivity index (χ3n) is 6.52. The van der Waals surface area contributed by atoms with Gasteiger partial charge in [-0.1, -0.05) is 29.3 Å². The Labute approximate surface area is 244 Å². The van der Waals surface area contributed by atoms with Crippen molar-refractivity contribution in [3.8, 4) is 17.2 Å². The summed E-state index contributed by atoms with van der Waals surface area (Å²) in [4.78, 5) is 38.9. The van der Waals surface area contributed by atoms with Gasteiger partial charge in [0.25, 0.3) is 5.91 Å². The van der Waals surface area contributed by atoms with Crippen molar-refractivity contribution in [3.05, 3.63) is 62.3 Å². The first kappa shape index (κ1) is 27.8. The summed E-state index contributed by atoms with van der Waals surface area (Å²) in [5.74, 6) is 1.68. The molecule has 0 unspecified atom stereocenters. The zero-order valence-electron chi connectivity index (χ0n) is 21.6. The maximum Gasteiger partial charge on any atom is 0.260 e. The number of nitrogen functional groups attached to an aromatic ring is 1. The zero-order chi connectivity index (χ0) is 28.4. The van der Waals surface area contributed by atoms with E-state index in [1.54, 1.807) is 55.5 Å². The second kappa shape index (κ2) is 11.7. The first-order valence-corrected chi connectivity index (χ1v) is 13.8. The van der Waals surface area contributed by atoms with Crippen molar-refractivity contribution < 1.29 is 23.8 Å². The van der Waals surface area contributed by atoms with E-state index < -0.39 is 0 Å². The molecule has 13 heteroatoms. The number of ketones is 1. The Morgan fingerprint density at radius 1 is 0.975 bits per heavy atom. The number of aromatic nitrogens is 2. The molecule has 208 valence electrons. The van der Waals surface area contributed by atoms with Gasteiger partial charge in [-0.3, -0.25) is 9.59 Å². The highest BCUT2D eigenvalue weighted by atomic mass is 35.5. The van der Waals surface area contributed by atoms with Crippen LogP contribution in [0.2, 0.25) is 10.0 Å². The Morgan fingerprint density at radius 2 is 1.70 bits per heavy atom. The van der Waals surface area contributed by atoms with Crippen molar-refractivity contribution in [2.45, 2.75) is 0 Å². The molecule has 0 atom stereocenters. The van der Waals surface area contributed by atoms with Crippen molar-refractivity contribution in [1.82, 2.24) is 14.9 Å². The van der Waals surface area contributed by atoms with Gasteiger partial charge in [0.1, 0.15) is 16.6 Å². The number of fused-ring (bicyclic) bond motifs is 1. The van der Waals surface area contributed by atoms with Gasteiger partial charge in [0.05, 0.1) is 29.6 Å². The molecule has 4 aromatic rings. The van der Waals surface area contributed by atoms with E-state index in [9.17, 15) is 9.59 Å². The number of hydrogen-bond donors (Lipinski definition) is 1. The summed E-state index contributed by atoms with van der Waals surface area (Å²) < 4.78 is 16.4. The Balaban J connectivity index is 1.21. The van der Waals surface area contributed by atoms with Crippen molar-refractivity contribution >= 4 is 68.9 Å². The van der Waals surface area contributed by atoms with E-state index in [-0.39, 0.29) is 39.7 Å². The summed E-state index contributed by atoms with van der Waals surface area (Å²) in [7, 11) is 3.11. The first-order valence-electron chi connectivity index (χ1n) is 12.2. The molecule has 1 aliphatic heterocycles. The van der Waals surface area contributed by atoms with Gasteiger partial charge in [-0.25, -0.2) is 4.98 Å². The largest absolute Gasteiger partial charge is 0.493 e. The van der Waals surface area contributed by atoms with Crippen molar-refractivity contribution in [1.29, 1.82) is 0 Å². The summed E-state index contributed by atoms with van der Waals surface area (Å²) in [6, 6.07) is 10.1. The highest BCUT2D eigenvalue weighted by molar-refractivity contribution is 7.12. The second-order valence-corrected chi connectivity index (χ2v) is 10.5. The fraction of sp³-hybridized carbons (Fsp3) is 0.259. The highest BCUT2D eigenvalue weighted by Crippen LogP contribution is 2.36. The predicted octanol–water partition coefficient (Wildman–Crippen LogP) is 4.56. The minimum absolute atomic E-state index is 0.0852. The topological polar surface area (TPSA) is 120 Å². The lowest BCUT2D eigenvalue weighted by atomic mass is 10.1. The molecule has 1 saturated heterocycles. The van der Waals surface area contributed by atoms with Crippen LogP contribution in [0.15, 0.2) is 41.8 Å². The number of nitrogens with two attached hydrogens (primary N) is 1. The van der Waals surface area contributed by atoms with Crippen LogP contribution in [0.1, 0.15) is 15.2 Å². The smallest absolute Gasteiger partial charge is 0.260 e. The Bertz CT molecular complexity index is 1580. The summed E-state index contributed by atoms with van der Waals surface area (Å²) in [6.45, 7) is 1.68. The van der Waals surface area contributed by atoms with Gasteiger partial charge in [-0.05, 0) is 29.6 Å². The lowest BCUT2D eigenvalue weighted by Crippen LogP contribution is -2.50. The van der Waals surface area contributed by atoms with Crippen LogP contribution in [0, 0.1) is 0 Å². The molecule has 0 spiro atoms. The van der Waals surface area contributed by atoms with E-state index in [4.69, 9.17) is 43.1 Å². The Kier molecular flexibility index (Phi) is 8.15. The molecule has 2 aromatic heterocycles. The van der Waals surface area contributed by atoms with Crippen LogP contribution >= 0.6 is 34.5 Å². The summed E-state index contributed by atoms with van der Waals surface area (Å²) in [5, 5.41) is 2.65. The van der Waals surface area contributed by atoms with E-state index in [1.807, 2.05) is 10.3 Å². The minimum Gasteiger partial charge on any atom is -0.493 e. The van der Waals surface area contributed by atoms with E-state index in [0.717, 1.165) is 0 Å². The van der Waals surface area contributed by atoms with Crippen molar-refractivity contribution in [3.63, 3.8) is 0 Å². The number of benzene rings is 2. The number of anilines is 2. The number of piperazine rings is 1. The molecule has 1 fully saturated rings. The van der Waals surface area contributed by atoms with E-state index in [2.05, 4.69) is 9.97 Å².